The SMILES string of the molecule is Cc1ccc(N(CCn2cnc3c2c(=O)n(C)c(=O)n3C)CC(O)COc2ccccc2OCc2ccccc2)cc1.Cl. The molecular weight excluding hydrogens is 570 g/mol. The molecule has 2 aromatic heterocycles. The number of aliphatic hydroxyl groups excluding tert-OH is 1. The van der Waals surface area contributed by atoms with Gasteiger partial charge in [-0.05, 0) is 36.8 Å². The second kappa shape index (κ2) is 14.1. The van der Waals surface area contributed by atoms with Crippen molar-refractivity contribution in [3.63, 3.8) is 0 Å². The van der Waals surface area contributed by atoms with Gasteiger partial charge in [-0.2, -0.15) is 0 Å². The van der Waals surface area contributed by atoms with E-state index in [1.807, 2.05) is 90.7 Å². The number of ether oxygens (including phenoxy) is 2. The third-order valence-electron chi connectivity index (χ3n) is 7.18. The van der Waals surface area contributed by atoms with E-state index >= 15 is 0 Å². The highest BCUT2D eigenvalue weighted by atomic mass is 35.5. The molecule has 226 valence electrons. The first kappa shape index (κ1) is 31.4. The predicted octanol–water partition coefficient (Wildman–Crippen LogP) is 3.69. The molecule has 0 bridgehead atoms. The number of anilines is 1. The Morgan fingerprint density at radius 3 is 2.23 bits per heavy atom. The minimum Gasteiger partial charge on any atom is -0.487 e. The largest absolute Gasteiger partial charge is 0.487 e. The molecule has 3 aromatic carbocycles. The lowest BCUT2D eigenvalue weighted by atomic mass is 10.2. The molecule has 43 heavy (non-hydrogen) atoms. The summed E-state index contributed by atoms with van der Waals surface area (Å²) >= 11 is 0. The van der Waals surface area contributed by atoms with Crippen molar-refractivity contribution in [2.75, 3.05) is 24.6 Å². The number of imidazole rings is 1. The number of aliphatic hydroxyl groups is 1. The standard InChI is InChI=1S/C32H35N5O5.ClH/c1-23-13-15-25(16-14-23)36(17-18-37-22-33-30-29(37)31(39)35(3)32(40)34(30)2)19-26(38)21-42-28-12-8-7-11-27(28)41-20-24-9-5-4-6-10-24;/h4-16,22,26,38H,17-21H2,1-3H3;1H. The van der Waals surface area contributed by atoms with Crippen LogP contribution in [0.25, 0.3) is 11.2 Å². The summed E-state index contributed by atoms with van der Waals surface area (Å²) < 4.78 is 16.2. The van der Waals surface area contributed by atoms with Gasteiger partial charge >= 0.3 is 5.69 Å². The van der Waals surface area contributed by atoms with Crippen LogP contribution in [-0.4, -0.2) is 49.6 Å². The van der Waals surface area contributed by atoms with Crippen molar-refractivity contribution < 1.29 is 14.6 Å². The molecule has 0 saturated carbocycles. The van der Waals surface area contributed by atoms with Crippen molar-refractivity contribution in [2.24, 2.45) is 14.1 Å². The van der Waals surface area contributed by atoms with Gasteiger partial charge in [-0.3, -0.25) is 13.9 Å². The summed E-state index contributed by atoms with van der Waals surface area (Å²) in [5, 5.41) is 11.1. The number of hydrogen-bond donors (Lipinski definition) is 1. The Kier molecular flexibility index (Phi) is 10.3. The van der Waals surface area contributed by atoms with Crippen LogP contribution in [0.15, 0.2) is 94.8 Å². The number of hydrogen-bond acceptors (Lipinski definition) is 7. The van der Waals surface area contributed by atoms with Gasteiger partial charge in [0.15, 0.2) is 22.7 Å². The van der Waals surface area contributed by atoms with E-state index in [9.17, 15) is 14.7 Å². The van der Waals surface area contributed by atoms with Crippen molar-refractivity contribution in [1.29, 1.82) is 0 Å². The Labute approximate surface area is 255 Å². The lowest BCUT2D eigenvalue weighted by molar-refractivity contribution is 0.109. The third-order valence-corrected chi connectivity index (χ3v) is 7.18. The maximum Gasteiger partial charge on any atom is 0.332 e. The van der Waals surface area contributed by atoms with Gasteiger partial charge < -0.3 is 24.0 Å². The molecule has 0 aliphatic carbocycles. The van der Waals surface area contributed by atoms with Crippen LogP contribution in [0.4, 0.5) is 5.69 Å². The summed E-state index contributed by atoms with van der Waals surface area (Å²) in [4.78, 5) is 31.6. The smallest absolute Gasteiger partial charge is 0.332 e. The van der Waals surface area contributed by atoms with Gasteiger partial charge in [-0.1, -0.05) is 60.2 Å². The summed E-state index contributed by atoms with van der Waals surface area (Å²) in [6.45, 7) is 3.68. The van der Waals surface area contributed by atoms with Crippen LogP contribution in [0, 0.1) is 6.92 Å². The van der Waals surface area contributed by atoms with E-state index in [0.717, 1.165) is 21.4 Å². The van der Waals surface area contributed by atoms with E-state index in [1.165, 1.54) is 11.6 Å². The summed E-state index contributed by atoms with van der Waals surface area (Å²) in [7, 11) is 3.06. The van der Waals surface area contributed by atoms with Gasteiger partial charge in [0.05, 0.1) is 6.33 Å². The van der Waals surface area contributed by atoms with Gasteiger partial charge in [0.2, 0.25) is 0 Å². The van der Waals surface area contributed by atoms with E-state index in [4.69, 9.17) is 9.47 Å². The van der Waals surface area contributed by atoms with Crippen LogP contribution in [0.5, 0.6) is 11.5 Å². The molecule has 10 nitrogen and oxygen atoms in total. The van der Waals surface area contributed by atoms with Gasteiger partial charge in [0.1, 0.15) is 19.3 Å². The van der Waals surface area contributed by atoms with E-state index in [1.54, 1.807) is 17.9 Å². The zero-order chi connectivity index (χ0) is 29.6. The topological polar surface area (TPSA) is 104 Å². The number of rotatable bonds is 12. The van der Waals surface area contributed by atoms with E-state index in [-0.39, 0.29) is 19.0 Å². The van der Waals surface area contributed by atoms with E-state index in [0.29, 0.717) is 48.9 Å². The minimum absolute atomic E-state index is 0. The molecule has 2 heterocycles. The van der Waals surface area contributed by atoms with Gasteiger partial charge in [-0.25, -0.2) is 9.78 Å². The first-order chi connectivity index (χ1) is 20.3. The average molecular weight is 606 g/mol. The maximum atomic E-state index is 12.9. The average Bonchev–Trinajstić information content (AvgIpc) is 3.44. The molecule has 1 unspecified atom stereocenters. The number of para-hydroxylation sites is 2. The zero-order valence-corrected chi connectivity index (χ0v) is 25.2. The maximum absolute atomic E-state index is 12.9. The Morgan fingerprint density at radius 1 is 0.884 bits per heavy atom. The fourth-order valence-corrected chi connectivity index (χ4v) is 4.79. The molecule has 0 saturated heterocycles. The molecule has 0 aliphatic heterocycles. The van der Waals surface area contributed by atoms with Gasteiger partial charge in [0, 0.05) is 39.4 Å². The second-order valence-electron chi connectivity index (χ2n) is 10.3. The lowest BCUT2D eigenvalue weighted by Gasteiger charge is -2.28. The van der Waals surface area contributed by atoms with Crippen LogP contribution in [0.2, 0.25) is 0 Å². The predicted molar refractivity (Wildman–Crippen MR) is 170 cm³/mol. The Bertz CT molecular complexity index is 1770. The molecule has 0 amide bonds. The number of aryl methyl sites for hydroxylation is 2. The van der Waals surface area contributed by atoms with Crippen molar-refractivity contribution in [3.05, 3.63) is 117 Å². The highest BCUT2D eigenvalue weighted by molar-refractivity contribution is 5.85. The van der Waals surface area contributed by atoms with Crippen LogP contribution in [0.1, 0.15) is 11.1 Å². The zero-order valence-electron chi connectivity index (χ0n) is 24.4. The molecule has 5 aromatic rings. The normalized spacial score (nSPS) is 11.6. The van der Waals surface area contributed by atoms with Gasteiger partial charge in [0.25, 0.3) is 5.56 Å². The molecule has 0 fully saturated rings. The quantitative estimate of drug-likeness (QED) is 0.231. The molecule has 1 atom stereocenters. The number of fused-ring (bicyclic) bond motifs is 1. The molecule has 0 radical (unpaired) electrons. The number of nitrogens with zero attached hydrogens (tertiary/aromatic N) is 5. The molecule has 5 rings (SSSR count). The Balaban J connectivity index is 0.00000423. The number of halogens is 1. The number of benzene rings is 3. The summed E-state index contributed by atoms with van der Waals surface area (Å²) in [6, 6.07) is 25.4. The van der Waals surface area contributed by atoms with Gasteiger partial charge in [-0.15, -0.1) is 12.4 Å². The van der Waals surface area contributed by atoms with Crippen molar-refractivity contribution in [2.45, 2.75) is 26.2 Å². The van der Waals surface area contributed by atoms with Crippen molar-refractivity contribution >= 4 is 29.3 Å². The second-order valence-corrected chi connectivity index (χ2v) is 10.3. The van der Waals surface area contributed by atoms with Crippen molar-refractivity contribution in [1.82, 2.24) is 18.7 Å². The first-order valence-corrected chi connectivity index (χ1v) is 13.8. The van der Waals surface area contributed by atoms with E-state index < -0.39 is 17.4 Å². The fraction of sp³-hybridized carbons (Fsp3) is 0.281. The highest BCUT2D eigenvalue weighted by Gasteiger charge is 2.18. The molecule has 1 N–H and O–H groups in total. The molecular formula is C32H36ClN5O5. The minimum atomic E-state index is -0.818. The lowest BCUT2D eigenvalue weighted by Crippen LogP contribution is -2.39. The molecule has 11 heteroatoms. The highest BCUT2D eigenvalue weighted by Crippen LogP contribution is 2.27. The fourth-order valence-electron chi connectivity index (χ4n) is 4.79. The summed E-state index contributed by atoms with van der Waals surface area (Å²) in [6.07, 6.45) is 0.756. The van der Waals surface area contributed by atoms with Crippen LogP contribution in [0.3, 0.4) is 0 Å². The molecule has 0 spiro atoms. The summed E-state index contributed by atoms with van der Waals surface area (Å²) in [5.74, 6) is 1.16. The van der Waals surface area contributed by atoms with Crippen LogP contribution < -0.4 is 25.6 Å². The van der Waals surface area contributed by atoms with Crippen molar-refractivity contribution in [3.8, 4) is 11.5 Å². The summed E-state index contributed by atoms with van der Waals surface area (Å²) in [5.41, 5.74) is 2.98. The third kappa shape index (κ3) is 7.28. The van der Waals surface area contributed by atoms with Crippen LogP contribution >= 0.6 is 12.4 Å². The molecule has 0 aliphatic rings. The van der Waals surface area contributed by atoms with Crippen LogP contribution in [-0.2, 0) is 27.2 Å². The number of aromatic nitrogens is 4. The van der Waals surface area contributed by atoms with E-state index in [2.05, 4.69) is 4.98 Å². The Hall–Kier alpha value is -4.54. The first-order valence-electron chi connectivity index (χ1n) is 13.8. The monoisotopic (exact) mass is 605 g/mol. The Morgan fingerprint density at radius 2 is 1.53 bits per heavy atom.